The molecule has 1 aromatic carbocycles. The zero-order valence-electron chi connectivity index (χ0n) is 13.4. The first-order valence-corrected chi connectivity index (χ1v) is 8.21. The standard InChI is InChI=1S/C18H15FN4O2/c19-17-8-18(9-17)11-22-15(23(18)10-17)5-14(21-16(22)24)25-7-13-4-2-1-3-12(13)6-20/h1-5H,7-11H2. The molecule has 6 nitrogen and oxygen atoms in total. The third kappa shape index (κ3) is 1.94. The lowest BCUT2D eigenvalue weighted by atomic mass is 9.71. The molecule has 126 valence electrons. The molecule has 2 aromatic rings. The van der Waals surface area contributed by atoms with E-state index in [-0.39, 0.29) is 23.7 Å². The second-order valence-corrected chi connectivity index (χ2v) is 7.19. The van der Waals surface area contributed by atoms with Gasteiger partial charge in [-0.25, -0.2) is 9.18 Å². The quantitative estimate of drug-likeness (QED) is 0.853. The van der Waals surface area contributed by atoms with Crippen LogP contribution in [0, 0.1) is 11.3 Å². The maximum absolute atomic E-state index is 14.3. The first kappa shape index (κ1) is 14.5. The lowest BCUT2D eigenvalue weighted by Gasteiger charge is -2.40. The average molecular weight is 338 g/mol. The highest BCUT2D eigenvalue weighted by Gasteiger charge is 2.69. The SMILES string of the molecule is N#Cc1ccccc1COc1cc2n(c(=O)n1)CC13CC(F)(CN21)C3. The molecule has 0 atom stereocenters. The van der Waals surface area contributed by atoms with Crippen LogP contribution in [0.25, 0.3) is 0 Å². The fraction of sp³-hybridized carbons (Fsp3) is 0.389. The summed E-state index contributed by atoms with van der Waals surface area (Å²) in [6, 6.07) is 10.9. The minimum Gasteiger partial charge on any atom is -0.473 e. The van der Waals surface area contributed by atoms with Gasteiger partial charge in [-0.3, -0.25) is 4.57 Å². The van der Waals surface area contributed by atoms with Crippen molar-refractivity contribution in [3.05, 3.63) is 51.9 Å². The van der Waals surface area contributed by atoms with Gasteiger partial charge in [0.25, 0.3) is 0 Å². The Morgan fingerprint density at radius 3 is 2.92 bits per heavy atom. The van der Waals surface area contributed by atoms with Crippen molar-refractivity contribution in [1.82, 2.24) is 9.55 Å². The molecule has 1 aliphatic carbocycles. The Labute approximate surface area is 143 Å². The summed E-state index contributed by atoms with van der Waals surface area (Å²) < 4.78 is 21.6. The van der Waals surface area contributed by atoms with E-state index in [9.17, 15) is 9.18 Å². The van der Waals surface area contributed by atoms with Crippen molar-refractivity contribution < 1.29 is 9.13 Å². The van der Waals surface area contributed by atoms with E-state index >= 15 is 0 Å². The number of alkyl halides is 1. The van der Waals surface area contributed by atoms with Gasteiger partial charge in [0.1, 0.15) is 18.1 Å². The van der Waals surface area contributed by atoms with Gasteiger partial charge in [-0.2, -0.15) is 10.2 Å². The van der Waals surface area contributed by atoms with E-state index in [2.05, 4.69) is 11.1 Å². The van der Waals surface area contributed by atoms with E-state index in [1.807, 2.05) is 11.0 Å². The molecule has 6 rings (SSSR count). The molecule has 0 N–H and O–H groups in total. The van der Waals surface area contributed by atoms with Crippen molar-refractivity contribution in [3.63, 3.8) is 0 Å². The van der Waals surface area contributed by atoms with E-state index in [1.165, 1.54) is 0 Å². The lowest BCUT2D eigenvalue weighted by molar-refractivity contribution is 0.0573. The Morgan fingerprint density at radius 1 is 1.32 bits per heavy atom. The number of ether oxygens (including phenoxy) is 1. The molecule has 0 unspecified atom stereocenters. The van der Waals surface area contributed by atoms with Crippen LogP contribution >= 0.6 is 0 Å². The van der Waals surface area contributed by atoms with Crippen molar-refractivity contribution in [2.75, 3.05) is 11.4 Å². The monoisotopic (exact) mass is 338 g/mol. The number of nitrogens with zero attached hydrogens (tertiary/aromatic N) is 4. The number of hydrogen-bond acceptors (Lipinski definition) is 5. The van der Waals surface area contributed by atoms with Crippen molar-refractivity contribution in [3.8, 4) is 11.9 Å². The Bertz CT molecular complexity index is 987. The smallest absolute Gasteiger partial charge is 0.352 e. The van der Waals surface area contributed by atoms with Crippen LogP contribution in [0.3, 0.4) is 0 Å². The van der Waals surface area contributed by atoms with E-state index < -0.39 is 5.67 Å². The highest BCUT2D eigenvalue weighted by atomic mass is 19.1. The second kappa shape index (κ2) is 4.60. The van der Waals surface area contributed by atoms with Crippen LogP contribution in [-0.2, 0) is 13.2 Å². The van der Waals surface area contributed by atoms with E-state index in [0.717, 1.165) is 5.56 Å². The molecule has 25 heavy (non-hydrogen) atoms. The third-order valence-corrected chi connectivity index (χ3v) is 5.51. The molecule has 4 aliphatic rings. The molecular weight excluding hydrogens is 323 g/mol. The number of halogens is 1. The molecule has 1 aromatic heterocycles. The number of aromatic nitrogens is 2. The van der Waals surface area contributed by atoms with Gasteiger partial charge in [-0.1, -0.05) is 18.2 Å². The fourth-order valence-electron chi connectivity index (χ4n) is 4.52. The summed E-state index contributed by atoms with van der Waals surface area (Å²) in [6.45, 7) is 0.975. The summed E-state index contributed by atoms with van der Waals surface area (Å²) in [6.07, 6.45) is 0.958. The van der Waals surface area contributed by atoms with Gasteiger partial charge >= 0.3 is 5.69 Å². The van der Waals surface area contributed by atoms with Gasteiger partial charge in [-0.15, -0.1) is 0 Å². The zero-order chi connectivity index (χ0) is 17.2. The number of hydrogen-bond donors (Lipinski definition) is 0. The molecule has 2 saturated heterocycles. The van der Waals surface area contributed by atoms with Crippen LogP contribution in [0.5, 0.6) is 5.88 Å². The van der Waals surface area contributed by atoms with E-state index in [1.54, 1.807) is 28.8 Å². The number of rotatable bonds is 3. The van der Waals surface area contributed by atoms with Gasteiger partial charge < -0.3 is 9.64 Å². The van der Waals surface area contributed by atoms with Crippen molar-refractivity contribution in [1.29, 1.82) is 5.26 Å². The lowest BCUT2D eigenvalue weighted by Crippen LogP contribution is -2.50. The first-order valence-electron chi connectivity index (χ1n) is 8.21. The van der Waals surface area contributed by atoms with Crippen molar-refractivity contribution in [2.24, 2.45) is 0 Å². The topological polar surface area (TPSA) is 71.1 Å². The van der Waals surface area contributed by atoms with Crippen molar-refractivity contribution in [2.45, 2.75) is 37.2 Å². The summed E-state index contributed by atoms with van der Waals surface area (Å²) in [5, 5.41) is 9.13. The van der Waals surface area contributed by atoms with Crippen molar-refractivity contribution >= 4 is 5.82 Å². The fourth-order valence-corrected chi connectivity index (χ4v) is 4.52. The second-order valence-electron chi connectivity index (χ2n) is 7.19. The predicted molar refractivity (Wildman–Crippen MR) is 87.1 cm³/mol. The summed E-state index contributed by atoms with van der Waals surface area (Å²) in [5.41, 5.74) is -0.485. The number of fused-ring (bicyclic) bond motifs is 1. The van der Waals surface area contributed by atoms with Crippen LogP contribution in [-0.4, -0.2) is 27.3 Å². The third-order valence-electron chi connectivity index (χ3n) is 5.51. The van der Waals surface area contributed by atoms with Crippen LogP contribution in [0.2, 0.25) is 0 Å². The molecule has 0 radical (unpaired) electrons. The minimum atomic E-state index is -1.11. The molecule has 7 heteroatoms. The molecule has 1 saturated carbocycles. The molecule has 0 amide bonds. The summed E-state index contributed by atoms with van der Waals surface area (Å²) >= 11 is 0. The number of nitriles is 1. The van der Waals surface area contributed by atoms with Crippen LogP contribution in [0.15, 0.2) is 35.1 Å². The Morgan fingerprint density at radius 2 is 2.12 bits per heavy atom. The van der Waals surface area contributed by atoms with E-state index in [4.69, 9.17) is 10.00 Å². The van der Waals surface area contributed by atoms with Gasteiger partial charge in [-0.05, 0) is 6.07 Å². The maximum Gasteiger partial charge on any atom is 0.352 e. The molecule has 2 bridgehead atoms. The van der Waals surface area contributed by atoms with Gasteiger partial charge in [0.15, 0.2) is 0 Å². The van der Waals surface area contributed by atoms with Gasteiger partial charge in [0.05, 0.1) is 30.3 Å². The van der Waals surface area contributed by atoms with Crippen LogP contribution in [0.4, 0.5) is 10.2 Å². The van der Waals surface area contributed by atoms with E-state index in [0.29, 0.717) is 37.3 Å². The van der Waals surface area contributed by atoms with Crippen LogP contribution in [0.1, 0.15) is 24.0 Å². The largest absolute Gasteiger partial charge is 0.473 e. The maximum atomic E-state index is 14.3. The normalized spacial score (nSPS) is 28.1. The molecule has 4 heterocycles. The zero-order valence-corrected chi connectivity index (χ0v) is 13.4. The molecule has 3 aliphatic heterocycles. The minimum absolute atomic E-state index is 0.151. The Kier molecular flexibility index (Phi) is 2.66. The highest BCUT2D eigenvalue weighted by molar-refractivity contribution is 5.56. The van der Waals surface area contributed by atoms with Gasteiger partial charge in [0.2, 0.25) is 5.88 Å². The van der Waals surface area contributed by atoms with Gasteiger partial charge in [0, 0.05) is 24.5 Å². The number of anilines is 1. The Hall–Kier alpha value is -2.88. The molecular formula is C18H15FN4O2. The molecule has 3 fully saturated rings. The van der Waals surface area contributed by atoms with Crippen LogP contribution < -0.4 is 15.3 Å². The summed E-state index contributed by atoms with van der Waals surface area (Å²) in [4.78, 5) is 18.3. The average Bonchev–Trinajstić information content (AvgIpc) is 3.13. The highest BCUT2D eigenvalue weighted by Crippen LogP contribution is 2.60. The summed E-state index contributed by atoms with van der Waals surface area (Å²) in [5.74, 6) is 0.888. The number of benzene rings is 1. The first-order chi connectivity index (χ1) is 12.0. The predicted octanol–water partition coefficient (Wildman–Crippen LogP) is 1.77. The summed E-state index contributed by atoms with van der Waals surface area (Å²) in [7, 11) is 0. The molecule has 1 spiro atoms. The Balaban J connectivity index is 1.44.